The van der Waals surface area contributed by atoms with Crippen LogP contribution in [0.4, 0.5) is 0 Å². The normalized spacial score (nSPS) is 11.1. The molecule has 0 bridgehead atoms. The highest BCUT2D eigenvalue weighted by Gasteiger charge is 2.20. The monoisotopic (exact) mass is 490 g/mol. The maximum atomic E-state index is 13.1. The lowest BCUT2D eigenvalue weighted by atomic mass is 10.2. The highest BCUT2D eigenvalue weighted by molar-refractivity contribution is 14.1. The Morgan fingerprint density at radius 3 is 2.75 bits per heavy atom. The summed E-state index contributed by atoms with van der Waals surface area (Å²) < 4.78 is 3.26. The summed E-state index contributed by atoms with van der Waals surface area (Å²) in [5.74, 6) is 0.970. The van der Waals surface area contributed by atoms with E-state index < -0.39 is 0 Å². The fourth-order valence-electron chi connectivity index (χ4n) is 3.38. The number of hydrogen-bond donors (Lipinski definition) is 0. The fraction of sp³-hybridized carbons (Fsp3) is 0.409. The zero-order valence-electron chi connectivity index (χ0n) is 16.6. The fourth-order valence-corrected chi connectivity index (χ4v) is 3.92. The molecule has 28 heavy (non-hydrogen) atoms. The van der Waals surface area contributed by atoms with E-state index in [1.807, 2.05) is 47.5 Å². The molecule has 0 N–H and O–H groups in total. The van der Waals surface area contributed by atoms with Crippen LogP contribution in [-0.2, 0) is 13.1 Å². The highest BCUT2D eigenvalue weighted by atomic mass is 127. The maximum Gasteiger partial charge on any atom is 0.254 e. The molecule has 2 heterocycles. The SMILES string of the molecule is CCCCCn1c(CN(CCC)C(=O)c2cccc(I)c2)nc2cccnc21. The van der Waals surface area contributed by atoms with Crippen molar-refractivity contribution in [2.24, 2.45) is 0 Å². The first kappa shape index (κ1) is 20.8. The molecule has 0 saturated carbocycles. The van der Waals surface area contributed by atoms with Gasteiger partial charge in [0, 0.05) is 28.4 Å². The molecule has 1 amide bonds. The summed E-state index contributed by atoms with van der Waals surface area (Å²) in [5, 5.41) is 0. The summed E-state index contributed by atoms with van der Waals surface area (Å²) in [7, 11) is 0. The molecular weight excluding hydrogens is 463 g/mol. The van der Waals surface area contributed by atoms with E-state index in [0.717, 1.165) is 45.5 Å². The van der Waals surface area contributed by atoms with Gasteiger partial charge in [-0.1, -0.05) is 32.8 Å². The summed E-state index contributed by atoms with van der Waals surface area (Å²) in [5.41, 5.74) is 2.53. The van der Waals surface area contributed by atoms with E-state index in [1.165, 1.54) is 12.8 Å². The number of amides is 1. The smallest absolute Gasteiger partial charge is 0.254 e. The van der Waals surface area contributed by atoms with Gasteiger partial charge in [-0.25, -0.2) is 9.97 Å². The first-order valence-corrected chi connectivity index (χ1v) is 11.1. The van der Waals surface area contributed by atoms with Gasteiger partial charge in [0.05, 0.1) is 6.54 Å². The molecule has 0 unspecified atom stereocenters. The van der Waals surface area contributed by atoms with E-state index in [0.29, 0.717) is 13.1 Å². The maximum absolute atomic E-state index is 13.1. The van der Waals surface area contributed by atoms with E-state index in [2.05, 4.69) is 46.0 Å². The quantitative estimate of drug-likeness (QED) is 0.303. The van der Waals surface area contributed by atoms with Gasteiger partial charge in [-0.3, -0.25) is 4.79 Å². The molecule has 3 rings (SSSR count). The number of hydrogen-bond acceptors (Lipinski definition) is 3. The summed E-state index contributed by atoms with van der Waals surface area (Å²) in [6.45, 7) is 6.39. The van der Waals surface area contributed by atoms with E-state index in [-0.39, 0.29) is 5.91 Å². The number of fused-ring (bicyclic) bond motifs is 1. The van der Waals surface area contributed by atoms with Crippen LogP contribution in [0.25, 0.3) is 11.2 Å². The van der Waals surface area contributed by atoms with Crippen molar-refractivity contribution in [2.45, 2.75) is 52.6 Å². The van der Waals surface area contributed by atoms with Crippen LogP contribution >= 0.6 is 22.6 Å². The number of aryl methyl sites for hydroxylation is 1. The van der Waals surface area contributed by atoms with Crippen LogP contribution in [0.2, 0.25) is 0 Å². The molecule has 0 aliphatic heterocycles. The number of nitrogens with zero attached hydrogens (tertiary/aromatic N) is 4. The van der Waals surface area contributed by atoms with Crippen molar-refractivity contribution in [3.8, 4) is 0 Å². The Bertz CT molecular complexity index is 937. The van der Waals surface area contributed by atoms with Crippen molar-refractivity contribution < 1.29 is 4.79 Å². The van der Waals surface area contributed by atoms with Gasteiger partial charge in [0.15, 0.2) is 5.65 Å². The Morgan fingerprint density at radius 1 is 1.14 bits per heavy atom. The number of imidazole rings is 1. The molecule has 3 aromatic rings. The average molecular weight is 490 g/mol. The number of carbonyl (C=O) groups excluding carboxylic acids is 1. The van der Waals surface area contributed by atoms with E-state index >= 15 is 0 Å². The van der Waals surface area contributed by atoms with Crippen molar-refractivity contribution in [1.29, 1.82) is 0 Å². The molecule has 0 aliphatic carbocycles. The standard InChI is InChI=1S/C22H27IN4O/c1-3-5-6-14-27-20(25-19-11-8-12-24-21(19)27)16-26(13-4-2)22(28)17-9-7-10-18(23)15-17/h7-12,15H,3-6,13-14,16H2,1-2H3. The molecule has 0 fully saturated rings. The summed E-state index contributed by atoms with van der Waals surface area (Å²) in [4.78, 5) is 24.4. The average Bonchev–Trinajstić information content (AvgIpc) is 3.04. The molecule has 0 atom stereocenters. The minimum Gasteiger partial charge on any atom is -0.331 e. The van der Waals surface area contributed by atoms with Gasteiger partial charge in [-0.15, -0.1) is 0 Å². The summed E-state index contributed by atoms with van der Waals surface area (Å²) >= 11 is 2.25. The predicted molar refractivity (Wildman–Crippen MR) is 121 cm³/mol. The largest absolute Gasteiger partial charge is 0.331 e. The van der Waals surface area contributed by atoms with Crippen LogP contribution in [-0.4, -0.2) is 31.9 Å². The van der Waals surface area contributed by atoms with Crippen molar-refractivity contribution in [3.63, 3.8) is 0 Å². The lowest BCUT2D eigenvalue weighted by molar-refractivity contribution is 0.0737. The van der Waals surface area contributed by atoms with Gasteiger partial charge >= 0.3 is 0 Å². The van der Waals surface area contributed by atoms with Crippen LogP contribution in [0, 0.1) is 3.57 Å². The minimum absolute atomic E-state index is 0.0560. The van der Waals surface area contributed by atoms with Gasteiger partial charge in [0.25, 0.3) is 5.91 Å². The molecule has 0 spiro atoms. The number of halogens is 1. The van der Waals surface area contributed by atoms with Crippen molar-refractivity contribution in [2.75, 3.05) is 6.54 Å². The van der Waals surface area contributed by atoms with Crippen molar-refractivity contribution in [1.82, 2.24) is 19.4 Å². The van der Waals surface area contributed by atoms with Gasteiger partial charge in [-0.05, 0) is 65.8 Å². The third-order valence-electron chi connectivity index (χ3n) is 4.75. The first-order valence-electron chi connectivity index (χ1n) is 9.99. The summed E-state index contributed by atoms with van der Waals surface area (Å²) in [6, 6.07) is 11.7. The zero-order chi connectivity index (χ0) is 19.9. The number of aromatic nitrogens is 3. The molecule has 2 aromatic heterocycles. The second-order valence-electron chi connectivity index (χ2n) is 6.97. The van der Waals surface area contributed by atoms with Crippen LogP contribution in [0.15, 0.2) is 42.6 Å². The molecule has 148 valence electrons. The van der Waals surface area contributed by atoms with Gasteiger partial charge in [0.2, 0.25) is 0 Å². The highest BCUT2D eigenvalue weighted by Crippen LogP contribution is 2.18. The minimum atomic E-state index is 0.0560. The number of unbranched alkanes of at least 4 members (excludes halogenated alkanes) is 2. The Hall–Kier alpha value is -1.96. The molecular formula is C22H27IN4O. The molecule has 0 saturated heterocycles. The zero-order valence-corrected chi connectivity index (χ0v) is 18.7. The predicted octanol–water partition coefficient (Wildman–Crippen LogP) is 5.28. The summed E-state index contributed by atoms with van der Waals surface area (Å²) in [6.07, 6.45) is 6.15. The van der Waals surface area contributed by atoms with Crippen LogP contribution in [0.1, 0.15) is 55.7 Å². The van der Waals surface area contributed by atoms with Crippen LogP contribution < -0.4 is 0 Å². The van der Waals surface area contributed by atoms with Crippen molar-refractivity contribution in [3.05, 3.63) is 57.6 Å². The van der Waals surface area contributed by atoms with E-state index in [1.54, 1.807) is 0 Å². The third kappa shape index (κ3) is 4.90. The Labute approximate surface area is 180 Å². The number of carbonyl (C=O) groups is 1. The number of pyridine rings is 1. The van der Waals surface area contributed by atoms with Crippen molar-refractivity contribution >= 4 is 39.7 Å². The second kappa shape index (κ2) is 10.0. The molecule has 6 heteroatoms. The topological polar surface area (TPSA) is 51.0 Å². The van der Waals surface area contributed by atoms with E-state index in [9.17, 15) is 4.79 Å². The van der Waals surface area contributed by atoms with Crippen LogP contribution in [0.5, 0.6) is 0 Å². The lowest BCUT2D eigenvalue weighted by Gasteiger charge is -2.22. The van der Waals surface area contributed by atoms with Gasteiger partial charge in [0.1, 0.15) is 11.3 Å². The first-order chi connectivity index (χ1) is 13.6. The second-order valence-corrected chi connectivity index (χ2v) is 8.22. The Morgan fingerprint density at radius 2 is 2.00 bits per heavy atom. The van der Waals surface area contributed by atoms with E-state index in [4.69, 9.17) is 4.98 Å². The van der Waals surface area contributed by atoms with Gasteiger partial charge in [-0.2, -0.15) is 0 Å². The number of rotatable bonds is 9. The lowest BCUT2D eigenvalue weighted by Crippen LogP contribution is -2.32. The molecule has 1 aromatic carbocycles. The van der Waals surface area contributed by atoms with Gasteiger partial charge < -0.3 is 9.47 Å². The molecule has 5 nitrogen and oxygen atoms in total. The Kier molecular flexibility index (Phi) is 7.42. The number of benzene rings is 1. The third-order valence-corrected chi connectivity index (χ3v) is 5.42. The Balaban J connectivity index is 1.91. The van der Waals surface area contributed by atoms with Crippen LogP contribution in [0.3, 0.4) is 0 Å². The molecule has 0 radical (unpaired) electrons. The molecule has 0 aliphatic rings.